The first-order valence-electron chi connectivity index (χ1n) is 18.7. The predicted octanol–water partition coefficient (Wildman–Crippen LogP) is 14.1. The lowest BCUT2D eigenvalue weighted by atomic mass is 9.97. The first-order valence-corrected chi connectivity index (χ1v) is 19.5. The van der Waals surface area contributed by atoms with Crippen molar-refractivity contribution in [3.05, 3.63) is 188 Å². The minimum absolute atomic E-state index is 1.02. The number of para-hydroxylation sites is 3. The first kappa shape index (κ1) is 30.5. The standard InChI is InChI=1S/C51H31N3S/c1-2-13-36(14-3-1)53-45-18-7-4-15-38(45)40-27-28-41-39-16-5-8-19-46(39)54(51(41)50(40)53)37-24-21-32(22-25-37)33-11-10-12-34(29-33)35-23-26-42-44(30-35)52-31-48-49(42)43-17-6-9-20-47(43)55-48/h1-31H. The highest BCUT2D eigenvalue weighted by molar-refractivity contribution is 7.26. The third-order valence-corrected chi connectivity index (χ3v) is 12.5. The van der Waals surface area contributed by atoms with Crippen LogP contribution in [0.5, 0.6) is 0 Å². The van der Waals surface area contributed by atoms with Crippen LogP contribution < -0.4 is 0 Å². The Morgan fingerprint density at radius 1 is 0.364 bits per heavy atom. The number of benzene rings is 8. The van der Waals surface area contributed by atoms with Gasteiger partial charge in [0.05, 0.1) is 32.3 Å². The molecule has 0 N–H and O–H groups in total. The number of thiophene rings is 1. The summed E-state index contributed by atoms with van der Waals surface area (Å²) in [5.74, 6) is 0. The average Bonchev–Trinajstić information content (AvgIpc) is 3.92. The molecule has 4 aromatic heterocycles. The van der Waals surface area contributed by atoms with Gasteiger partial charge in [0.1, 0.15) is 0 Å². The van der Waals surface area contributed by atoms with Gasteiger partial charge < -0.3 is 9.13 Å². The zero-order chi connectivity index (χ0) is 36.0. The van der Waals surface area contributed by atoms with E-state index in [4.69, 9.17) is 4.98 Å². The Hall–Kier alpha value is -7.01. The number of rotatable bonds is 4. The summed E-state index contributed by atoms with van der Waals surface area (Å²) in [6.45, 7) is 0. The van der Waals surface area contributed by atoms with E-state index in [0.717, 1.165) is 16.9 Å². The fourth-order valence-corrected chi connectivity index (χ4v) is 9.98. The number of hydrogen-bond donors (Lipinski definition) is 0. The van der Waals surface area contributed by atoms with Gasteiger partial charge in [0, 0.05) is 60.0 Å². The Bertz CT molecular complexity index is 3480. The van der Waals surface area contributed by atoms with Crippen LogP contribution >= 0.6 is 11.3 Å². The highest BCUT2D eigenvalue weighted by atomic mass is 32.1. The van der Waals surface area contributed by atoms with Crippen molar-refractivity contribution < 1.29 is 0 Å². The molecule has 55 heavy (non-hydrogen) atoms. The van der Waals surface area contributed by atoms with Crippen molar-refractivity contribution in [2.75, 3.05) is 0 Å². The van der Waals surface area contributed by atoms with Crippen LogP contribution in [-0.2, 0) is 0 Å². The minimum atomic E-state index is 1.02. The summed E-state index contributed by atoms with van der Waals surface area (Å²) in [5, 5.41) is 8.81. The van der Waals surface area contributed by atoms with E-state index < -0.39 is 0 Å². The Labute approximate surface area is 320 Å². The van der Waals surface area contributed by atoms with Gasteiger partial charge in [-0.1, -0.05) is 127 Å². The van der Waals surface area contributed by atoms with Gasteiger partial charge in [-0.05, 0) is 76.9 Å². The maximum Gasteiger partial charge on any atom is 0.0788 e. The van der Waals surface area contributed by atoms with Crippen molar-refractivity contribution in [3.8, 4) is 33.6 Å². The molecule has 0 fully saturated rings. The number of aromatic nitrogens is 3. The summed E-state index contributed by atoms with van der Waals surface area (Å²) in [5.41, 5.74) is 12.9. The zero-order valence-electron chi connectivity index (χ0n) is 29.6. The van der Waals surface area contributed by atoms with E-state index in [-0.39, 0.29) is 0 Å². The van der Waals surface area contributed by atoms with Crippen molar-refractivity contribution in [3.63, 3.8) is 0 Å². The molecule has 0 saturated carbocycles. The van der Waals surface area contributed by atoms with Crippen molar-refractivity contribution in [1.29, 1.82) is 0 Å². The van der Waals surface area contributed by atoms with Crippen LogP contribution in [-0.4, -0.2) is 14.1 Å². The van der Waals surface area contributed by atoms with E-state index in [1.165, 1.54) is 91.4 Å². The van der Waals surface area contributed by atoms with Crippen LogP contribution in [0.4, 0.5) is 0 Å². The van der Waals surface area contributed by atoms with Crippen molar-refractivity contribution >= 4 is 86.0 Å². The Balaban J connectivity index is 0.997. The molecule has 0 amide bonds. The van der Waals surface area contributed by atoms with Crippen LogP contribution in [0.2, 0.25) is 0 Å². The molecular formula is C51H31N3S. The van der Waals surface area contributed by atoms with E-state index in [0.29, 0.717) is 0 Å². The summed E-state index contributed by atoms with van der Waals surface area (Å²) in [4.78, 5) is 4.91. The molecule has 0 atom stereocenters. The monoisotopic (exact) mass is 717 g/mol. The van der Waals surface area contributed by atoms with Gasteiger partial charge >= 0.3 is 0 Å². The van der Waals surface area contributed by atoms with E-state index in [1.807, 2.05) is 17.5 Å². The molecule has 0 bridgehead atoms. The molecule has 4 heteroatoms. The second kappa shape index (κ2) is 11.7. The van der Waals surface area contributed by atoms with E-state index >= 15 is 0 Å². The number of nitrogens with zero attached hydrogens (tertiary/aromatic N) is 3. The summed E-state index contributed by atoms with van der Waals surface area (Å²) in [7, 11) is 0. The molecule has 256 valence electrons. The molecule has 0 aliphatic rings. The van der Waals surface area contributed by atoms with Gasteiger partial charge in [0.15, 0.2) is 0 Å². The lowest BCUT2D eigenvalue weighted by molar-refractivity contribution is 1.15. The topological polar surface area (TPSA) is 22.8 Å². The smallest absolute Gasteiger partial charge is 0.0788 e. The third kappa shape index (κ3) is 4.52. The molecule has 3 nitrogen and oxygen atoms in total. The van der Waals surface area contributed by atoms with Crippen LogP contribution in [0, 0.1) is 0 Å². The number of hydrogen-bond acceptors (Lipinski definition) is 2. The summed E-state index contributed by atoms with van der Waals surface area (Å²) >= 11 is 1.81. The molecule has 12 rings (SSSR count). The largest absolute Gasteiger partial charge is 0.307 e. The van der Waals surface area contributed by atoms with Crippen LogP contribution in [0.3, 0.4) is 0 Å². The summed E-state index contributed by atoms with van der Waals surface area (Å²) in [6, 6.07) is 66.3. The fraction of sp³-hybridized carbons (Fsp3) is 0. The van der Waals surface area contributed by atoms with Gasteiger partial charge in [0.25, 0.3) is 0 Å². The first-order chi connectivity index (χ1) is 27.3. The van der Waals surface area contributed by atoms with Crippen LogP contribution in [0.1, 0.15) is 0 Å². The van der Waals surface area contributed by atoms with E-state index in [2.05, 4.69) is 191 Å². The SMILES string of the molecule is c1ccc(-n2c3ccccc3c3ccc4c5ccccc5n(-c5ccc(-c6cccc(-c7ccc8c(c7)ncc7sc9ccccc9c78)c6)cc5)c4c32)cc1. The van der Waals surface area contributed by atoms with Crippen molar-refractivity contribution in [1.82, 2.24) is 14.1 Å². The Kier molecular flexibility index (Phi) is 6.50. The maximum atomic E-state index is 4.91. The lowest BCUT2D eigenvalue weighted by Crippen LogP contribution is -1.98. The third-order valence-electron chi connectivity index (χ3n) is 11.3. The quantitative estimate of drug-likeness (QED) is 0.178. The molecule has 4 heterocycles. The molecule has 12 aromatic rings. The molecular weight excluding hydrogens is 687 g/mol. The molecule has 0 aliphatic carbocycles. The van der Waals surface area contributed by atoms with Gasteiger partial charge in [-0.25, -0.2) is 0 Å². The van der Waals surface area contributed by atoms with Gasteiger partial charge in [-0.2, -0.15) is 0 Å². The zero-order valence-corrected chi connectivity index (χ0v) is 30.5. The lowest BCUT2D eigenvalue weighted by Gasteiger charge is -2.13. The predicted molar refractivity (Wildman–Crippen MR) is 234 cm³/mol. The van der Waals surface area contributed by atoms with E-state index in [1.54, 1.807) is 0 Å². The minimum Gasteiger partial charge on any atom is -0.307 e. The second-order valence-corrected chi connectivity index (χ2v) is 15.4. The Morgan fingerprint density at radius 3 is 1.62 bits per heavy atom. The second-order valence-electron chi connectivity index (χ2n) is 14.4. The molecule has 0 unspecified atom stereocenters. The highest BCUT2D eigenvalue weighted by Gasteiger charge is 2.21. The molecule has 0 aliphatic heterocycles. The molecule has 0 saturated heterocycles. The van der Waals surface area contributed by atoms with Gasteiger partial charge in [-0.15, -0.1) is 11.3 Å². The Morgan fingerprint density at radius 2 is 0.909 bits per heavy atom. The van der Waals surface area contributed by atoms with Crippen molar-refractivity contribution in [2.45, 2.75) is 0 Å². The highest BCUT2D eigenvalue weighted by Crippen LogP contribution is 2.42. The van der Waals surface area contributed by atoms with E-state index in [9.17, 15) is 0 Å². The number of pyridine rings is 1. The molecule has 8 aromatic carbocycles. The molecule has 0 radical (unpaired) electrons. The number of fused-ring (bicyclic) bond motifs is 12. The summed E-state index contributed by atoms with van der Waals surface area (Å²) < 4.78 is 7.43. The van der Waals surface area contributed by atoms with Gasteiger partial charge in [0.2, 0.25) is 0 Å². The fourth-order valence-electron chi connectivity index (χ4n) is 8.89. The van der Waals surface area contributed by atoms with Crippen LogP contribution in [0.15, 0.2) is 188 Å². The van der Waals surface area contributed by atoms with Crippen LogP contribution in [0.25, 0.3) is 108 Å². The average molecular weight is 718 g/mol. The van der Waals surface area contributed by atoms with Crippen molar-refractivity contribution in [2.24, 2.45) is 0 Å². The maximum absolute atomic E-state index is 4.91. The molecule has 0 spiro atoms. The van der Waals surface area contributed by atoms with Gasteiger partial charge in [-0.3, -0.25) is 4.98 Å². The summed E-state index contributed by atoms with van der Waals surface area (Å²) in [6.07, 6.45) is 2.04. The normalized spacial score (nSPS) is 12.0.